The molecule has 0 atom stereocenters. The van der Waals surface area contributed by atoms with Crippen LogP contribution in [0.15, 0.2) is 0 Å². The Labute approximate surface area is 115 Å². The molecule has 106 valence electrons. The van der Waals surface area contributed by atoms with Crippen molar-refractivity contribution >= 4 is 5.91 Å². The molecule has 0 unspecified atom stereocenters. The molecule has 1 aliphatic heterocycles. The van der Waals surface area contributed by atoms with Gasteiger partial charge in [-0.15, -0.1) is 0 Å². The third-order valence-corrected chi connectivity index (χ3v) is 6.19. The molecule has 19 heavy (non-hydrogen) atoms. The Balaban J connectivity index is 1.47. The van der Waals surface area contributed by atoms with Crippen molar-refractivity contribution in [1.29, 1.82) is 0 Å². The number of piperidine rings is 1. The molecule has 3 nitrogen and oxygen atoms in total. The van der Waals surface area contributed by atoms with Gasteiger partial charge in [0, 0.05) is 11.5 Å². The number of amides is 1. The summed E-state index contributed by atoms with van der Waals surface area (Å²) >= 11 is 0. The van der Waals surface area contributed by atoms with Gasteiger partial charge in [0.1, 0.15) is 0 Å². The Bertz CT molecular complexity index is 338. The van der Waals surface area contributed by atoms with E-state index in [0.717, 1.165) is 43.7 Å². The molecule has 0 aromatic carbocycles. The number of hydrogen-bond donors (Lipinski definition) is 2. The van der Waals surface area contributed by atoms with Crippen LogP contribution in [0.3, 0.4) is 0 Å². The van der Waals surface area contributed by atoms with Crippen LogP contribution >= 0.6 is 0 Å². The number of rotatable bonds is 2. The van der Waals surface area contributed by atoms with Crippen molar-refractivity contribution in [2.45, 2.75) is 57.4 Å². The fraction of sp³-hybridized carbons (Fsp3) is 0.938. The summed E-state index contributed by atoms with van der Waals surface area (Å²) in [7, 11) is 0. The van der Waals surface area contributed by atoms with Crippen LogP contribution < -0.4 is 10.6 Å². The van der Waals surface area contributed by atoms with E-state index in [0.29, 0.717) is 11.9 Å². The summed E-state index contributed by atoms with van der Waals surface area (Å²) in [6.45, 7) is 2.12. The van der Waals surface area contributed by atoms with E-state index < -0.39 is 0 Å². The summed E-state index contributed by atoms with van der Waals surface area (Å²) in [5.74, 6) is 3.01. The van der Waals surface area contributed by atoms with E-state index in [1.54, 1.807) is 0 Å². The average Bonchev–Trinajstić information content (AvgIpc) is 2.38. The topological polar surface area (TPSA) is 41.1 Å². The highest BCUT2D eigenvalue weighted by Crippen LogP contribution is 2.60. The Morgan fingerprint density at radius 3 is 2.00 bits per heavy atom. The molecule has 4 saturated carbocycles. The summed E-state index contributed by atoms with van der Waals surface area (Å²) in [6, 6.07) is 0.432. The van der Waals surface area contributed by atoms with Crippen LogP contribution in [0, 0.1) is 23.2 Å². The van der Waals surface area contributed by atoms with Gasteiger partial charge in [-0.1, -0.05) is 0 Å². The average molecular weight is 262 g/mol. The van der Waals surface area contributed by atoms with Crippen molar-refractivity contribution in [3.05, 3.63) is 0 Å². The van der Waals surface area contributed by atoms with Crippen molar-refractivity contribution in [1.82, 2.24) is 10.6 Å². The van der Waals surface area contributed by atoms with Crippen LogP contribution in [0.2, 0.25) is 0 Å². The molecule has 4 aliphatic carbocycles. The maximum absolute atomic E-state index is 12.8. The SMILES string of the molecule is O=C(NC1CCNCC1)C12CC3CC(CC(C3)C1)C2. The minimum atomic E-state index is 0.0413. The lowest BCUT2D eigenvalue weighted by Gasteiger charge is -2.56. The molecule has 0 aromatic rings. The lowest BCUT2D eigenvalue weighted by molar-refractivity contribution is -0.147. The third kappa shape index (κ3) is 2.10. The first-order valence-corrected chi connectivity index (χ1v) is 8.25. The van der Waals surface area contributed by atoms with E-state index in [2.05, 4.69) is 10.6 Å². The second-order valence-corrected chi connectivity index (χ2v) is 7.70. The minimum absolute atomic E-state index is 0.0413. The van der Waals surface area contributed by atoms with Gasteiger partial charge in [-0.2, -0.15) is 0 Å². The molecule has 1 saturated heterocycles. The predicted molar refractivity (Wildman–Crippen MR) is 74.6 cm³/mol. The summed E-state index contributed by atoms with van der Waals surface area (Å²) in [5, 5.41) is 6.77. The maximum atomic E-state index is 12.8. The first-order valence-electron chi connectivity index (χ1n) is 8.25. The van der Waals surface area contributed by atoms with Crippen molar-refractivity contribution in [2.75, 3.05) is 13.1 Å². The maximum Gasteiger partial charge on any atom is 0.226 e. The van der Waals surface area contributed by atoms with E-state index in [1.165, 1.54) is 38.5 Å². The van der Waals surface area contributed by atoms with Gasteiger partial charge in [0.05, 0.1) is 0 Å². The Morgan fingerprint density at radius 2 is 1.47 bits per heavy atom. The highest BCUT2D eigenvalue weighted by molar-refractivity contribution is 5.83. The van der Waals surface area contributed by atoms with Crippen LogP contribution in [-0.2, 0) is 4.79 Å². The first-order chi connectivity index (χ1) is 9.23. The monoisotopic (exact) mass is 262 g/mol. The van der Waals surface area contributed by atoms with Gasteiger partial charge >= 0.3 is 0 Å². The second kappa shape index (κ2) is 4.47. The Hall–Kier alpha value is -0.570. The molecule has 4 bridgehead atoms. The summed E-state index contributed by atoms with van der Waals surface area (Å²) < 4.78 is 0. The lowest BCUT2D eigenvalue weighted by Crippen LogP contribution is -2.56. The summed E-state index contributed by atoms with van der Waals surface area (Å²) in [5.41, 5.74) is 0.0413. The number of hydrogen-bond acceptors (Lipinski definition) is 2. The molecule has 1 amide bonds. The van der Waals surface area contributed by atoms with Crippen LogP contribution in [0.1, 0.15) is 51.4 Å². The number of carbonyl (C=O) groups excluding carboxylic acids is 1. The van der Waals surface area contributed by atoms with Crippen molar-refractivity contribution in [2.24, 2.45) is 23.2 Å². The van der Waals surface area contributed by atoms with E-state index >= 15 is 0 Å². The van der Waals surface area contributed by atoms with E-state index in [4.69, 9.17) is 0 Å². The van der Waals surface area contributed by atoms with E-state index in [1.807, 2.05) is 0 Å². The van der Waals surface area contributed by atoms with Crippen LogP contribution in [0.25, 0.3) is 0 Å². The van der Waals surface area contributed by atoms with Gasteiger partial charge in [-0.05, 0) is 82.2 Å². The molecule has 0 spiro atoms. The summed E-state index contributed by atoms with van der Waals surface area (Å²) in [4.78, 5) is 12.8. The molecule has 5 rings (SSSR count). The van der Waals surface area contributed by atoms with Gasteiger partial charge in [0.2, 0.25) is 5.91 Å². The molecule has 3 heteroatoms. The molecule has 0 radical (unpaired) electrons. The molecule has 1 heterocycles. The standard InChI is InChI=1S/C16H26N2O/c19-15(18-14-1-3-17-4-2-14)16-8-11-5-12(9-16)7-13(6-11)10-16/h11-14,17H,1-10H2,(H,18,19). The zero-order chi connectivity index (χ0) is 12.9. The highest BCUT2D eigenvalue weighted by Gasteiger charge is 2.54. The Morgan fingerprint density at radius 1 is 0.947 bits per heavy atom. The van der Waals surface area contributed by atoms with Crippen LogP contribution in [0.4, 0.5) is 0 Å². The normalized spacial score (nSPS) is 45.4. The smallest absolute Gasteiger partial charge is 0.226 e. The van der Waals surface area contributed by atoms with Crippen molar-refractivity contribution < 1.29 is 4.79 Å². The van der Waals surface area contributed by atoms with Gasteiger partial charge < -0.3 is 10.6 Å². The fourth-order valence-corrected chi connectivity index (χ4v) is 5.69. The molecular weight excluding hydrogens is 236 g/mol. The molecular formula is C16H26N2O. The zero-order valence-corrected chi connectivity index (χ0v) is 11.8. The molecule has 2 N–H and O–H groups in total. The fourth-order valence-electron chi connectivity index (χ4n) is 5.69. The molecule has 0 aromatic heterocycles. The van der Waals surface area contributed by atoms with Crippen LogP contribution in [-0.4, -0.2) is 25.0 Å². The minimum Gasteiger partial charge on any atom is -0.353 e. The summed E-state index contributed by atoms with van der Waals surface area (Å²) in [6.07, 6.45) is 10.0. The first kappa shape index (κ1) is 12.2. The van der Waals surface area contributed by atoms with Gasteiger partial charge in [0.25, 0.3) is 0 Å². The largest absolute Gasteiger partial charge is 0.353 e. The number of nitrogens with one attached hydrogen (secondary N) is 2. The second-order valence-electron chi connectivity index (χ2n) is 7.70. The molecule has 5 fully saturated rings. The van der Waals surface area contributed by atoms with E-state index in [-0.39, 0.29) is 5.41 Å². The number of carbonyl (C=O) groups is 1. The Kier molecular flexibility index (Phi) is 2.87. The van der Waals surface area contributed by atoms with E-state index in [9.17, 15) is 4.79 Å². The van der Waals surface area contributed by atoms with Crippen molar-refractivity contribution in [3.8, 4) is 0 Å². The highest BCUT2D eigenvalue weighted by atomic mass is 16.2. The lowest BCUT2D eigenvalue weighted by atomic mass is 9.49. The zero-order valence-electron chi connectivity index (χ0n) is 11.8. The quantitative estimate of drug-likeness (QED) is 0.800. The van der Waals surface area contributed by atoms with Gasteiger partial charge in [-0.25, -0.2) is 0 Å². The predicted octanol–water partition coefficient (Wildman–Crippen LogP) is 2.07. The molecule has 5 aliphatic rings. The van der Waals surface area contributed by atoms with Crippen LogP contribution in [0.5, 0.6) is 0 Å². The van der Waals surface area contributed by atoms with Gasteiger partial charge in [0.15, 0.2) is 0 Å². The van der Waals surface area contributed by atoms with Gasteiger partial charge in [-0.3, -0.25) is 4.79 Å². The third-order valence-electron chi connectivity index (χ3n) is 6.19. The van der Waals surface area contributed by atoms with Crippen molar-refractivity contribution in [3.63, 3.8) is 0 Å².